The van der Waals surface area contributed by atoms with Crippen molar-refractivity contribution in [2.75, 3.05) is 37.3 Å². The van der Waals surface area contributed by atoms with Gasteiger partial charge >= 0.3 is 0 Å². The molecule has 0 radical (unpaired) electrons. The smallest absolute Gasteiger partial charge is 0.0650 e. The third-order valence-corrected chi connectivity index (χ3v) is 4.90. The van der Waals surface area contributed by atoms with Crippen LogP contribution in [0.2, 0.25) is 5.02 Å². The fourth-order valence-corrected chi connectivity index (χ4v) is 3.44. The van der Waals surface area contributed by atoms with E-state index in [4.69, 9.17) is 11.6 Å². The number of thioether (sulfide) groups is 1. The quantitative estimate of drug-likeness (QED) is 0.785. The summed E-state index contributed by atoms with van der Waals surface area (Å²) in [6.45, 7) is 4.58. The largest absolute Gasteiger partial charge is 0.368 e. The molecule has 0 unspecified atom stereocenters. The Morgan fingerprint density at radius 3 is 2.44 bits per heavy atom. The minimum Gasteiger partial charge on any atom is -0.368 e. The number of nitrogens with zero attached hydrogens (tertiary/aromatic N) is 2. The van der Waals surface area contributed by atoms with Crippen LogP contribution in [0.5, 0.6) is 0 Å². The highest BCUT2D eigenvalue weighted by molar-refractivity contribution is 7.98. The second kappa shape index (κ2) is 5.32. The molecular formula is C14H19ClN2S. The van der Waals surface area contributed by atoms with E-state index in [9.17, 15) is 0 Å². The van der Waals surface area contributed by atoms with Crippen molar-refractivity contribution in [1.29, 1.82) is 0 Å². The zero-order chi connectivity index (χ0) is 12.5. The van der Waals surface area contributed by atoms with Gasteiger partial charge in [0.25, 0.3) is 0 Å². The minimum atomic E-state index is 0.890. The fourth-order valence-electron chi connectivity index (χ4n) is 2.64. The van der Waals surface area contributed by atoms with E-state index in [0.29, 0.717) is 0 Å². The Hall–Kier alpha value is -0.380. The lowest BCUT2D eigenvalue weighted by atomic mass is 10.2. The zero-order valence-electron chi connectivity index (χ0n) is 10.7. The molecule has 2 nitrogen and oxygen atoms in total. The monoisotopic (exact) mass is 282 g/mol. The number of halogens is 1. The molecule has 2 aliphatic rings. The van der Waals surface area contributed by atoms with Crippen LogP contribution in [0, 0.1) is 0 Å². The van der Waals surface area contributed by atoms with Crippen LogP contribution in [-0.4, -0.2) is 43.4 Å². The number of hydrogen-bond acceptors (Lipinski definition) is 3. The summed E-state index contributed by atoms with van der Waals surface area (Å²) >= 11 is 8.12. The van der Waals surface area contributed by atoms with Crippen LogP contribution in [0.25, 0.3) is 0 Å². The normalized spacial score (nSPS) is 21.3. The third kappa shape index (κ3) is 2.63. The number of piperazine rings is 1. The van der Waals surface area contributed by atoms with Gasteiger partial charge in [0.1, 0.15) is 0 Å². The van der Waals surface area contributed by atoms with Gasteiger partial charge in [-0.2, -0.15) is 0 Å². The van der Waals surface area contributed by atoms with Crippen molar-refractivity contribution in [2.24, 2.45) is 0 Å². The molecule has 1 aliphatic heterocycles. The molecule has 1 aliphatic carbocycles. The van der Waals surface area contributed by atoms with Crippen LogP contribution in [0.15, 0.2) is 23.1 Å². The van der Waals surface area contributed by atoms with E-state index in [1.165, 1.54) is 36.5 Å². The molecule has 3 rings (SSSR count). The summed E-state index contributed by atoms with van der Waals surface area (Å²) in [6.07, 6.45) is 4.89. The van der Waals surface area contributed by atoms with Crippen molar-refractivity contribution in [3.63, 3.8) is 0 Å². The van der Waals surface area contributed by atoms with Crippen molar-refractivity contribution in [3.05, 3.63) is 23.2 Å². The number of rotatable bonds is 3. The van der Waals surface area contributed by atoms with Gasteiger partial charge in [0.05, 0.1) is 10.7 Å². The summed E-state index contributed by atoms with van der Waals surface area (Å²) in [5.74, 6) is 0. The second-order valence-electron chi connectivity index (χ2n) is 5.07. The Balaban J connectivity index is 1.68. The molecule has 0 aromatic heterocycles. The van der Waals surface area contributed by atoms with E-state index in [1.807, 2.05) is 0 Å². The first kappa shape index (κ1) is 12.6. The number of hydrogen-bond donors (Lipinski definition) is 0. The molecule has 1 saturated heterocycles. The van der Waals surface area contributed by atoms with Crippen LogP contribution < -0.4 is 4.90 Å². The molecule has 0 atom stereocenters. The van der Waals surface area contributed by atoms with Gasteiger partial charge in [0, 0.05) is 37.1 Å². The van der Waals surface area contributed by atoms with Crippen molar-refractivity contribution in [1.82, 2.24) is 4.90 Å². The maximum Gasteiger partial charge on any atom is 0.0650 e. The van der Waals surface area contributed by atoms with E-state index < -0.39 is 0 Å². The standard InChI is InChI=1S/C14H19ClN2S/c1-18-12-4-5-14(13(15)10-12)17-8-6-16(7-9-17)11-2-3-11/h4-5,10-11H,2-3,6-9H2,1H3. The summed E-state index contributed by atoms with van der Waals surface area (Å²) < 4.78 is 0. The molecule has 1 aromatic rings. The Bertz CT molecular complexity index is 426. The zero-order valence-corrected chi connectivity index (χ0v) is 12.3. The van der Waals surface area contributed by atoms with E-state index in [1.54, 1.807) is 11.8 Å². The Labute approximate surface area is 118 Å². The van der Waals surface area contributed by atoms with Crippen LogP contribution in [0.4, 0.5) is 5.69 Å². The van der Waals surface area contributed by atoms with Crippen LogP contribution >= 0.6 is 23.4 Å². The molecule has 4 heteroatoms. The molecule has 0 bridgehead atoms. The van der Waals surface area contributed by atoms with E-state index in [0.717, 1.165) is 24.2 Å². The molecule has 0 amide bonds. The van der Waals surface area contributed by atoms with Gasteiger partial charge in [-0.15, -0.1) is 11.8 Å². The van der Waals surface area contributed by atoms with Crippen LogP contribution in [0.3, 0.4) is 0 Å². The lowest BCUT2D eigenvalue weighted by Gasteiger charge is -2.36. The van der Waals surface area contributed by atoms with Crippen molar-refractivity contribution >= 4 is 29.1 Å². The van der Waals surface area contributed by atoms with Gasteiger partial charge in [0.15, 0.2) is 0 Å². The average Bonchev–Trinajstić information content (AvgIpc) is 3.23. The first-order valence-electron chi connectivity index (χ1n) is 6.60. The van der Waals surface area contributed by atoms with E-state index in [-0.39, 0.29) is 0 Å². The van der Waals surface area contributed by atoms with Crippen LogP contribution in [-0.2, 0) is 0 Å². The van der Waals surface area contributed by atoms with Crippen molar-refractivity contribution in [3.8, 4) is 0 Å². The summed E-state index contributed by atoms with van der Waals surface area (Å²) in [4.78, 5) is 6.28. The first-order valence-corrected chi connectivity index (χ1v) is 8.21. The summed E-state index contributed by atoms with van der Waals surface area (Å²) in [6, 6.07) is 7.30. The van der Waals surface area contributed by atoms with Gasteiger partial charge in [-0.25, -0.2) is 0 Å². The fraction of sp³-hybridized carbons (Fsp3) is 0.571. The lowest BCUT2D eigenvalue weighted by Crippen LogP contribution is -2.47. The molecule has 0 spiro atoms. The van der Waals surface area contributed by atoms with E-state index >= 15 is 0 Å². The molecule has 18 heavy (non-hydrogen) atoms. The molecular weight excluding hydrogens is 264 g/mol. The Kier molecular flexibility index (Phi) is 3.73. The van der Waals surface area contributed by atoms with Crippen LogP contribution in [0.1, 0.15) is 12.8 Å². The third-order valence-electron chi connectivity index (χ3n) is 3.87. The van der Waals surface area contributed by atoms with Gasteiger partial charge in [-0.1, -0.05) is 11.6 Å². The van der Waals surface area contributed by atoms with Crippen molar-refractivity contribution < 1.29 is 0 Å². The number of benzene rings is 1. The van der Waals surface area contributed by atoms with Gasteiger partial charge in [-0.3, -0.25) is 4.90 Å². The summed E-state index contributed by atoms with van der Waals surface area (Å²) in [7, 11) is 0. The maximum absolute atomic E-state index is 6.38. The highest BCUT2D eigenvalue weighted by atomic mass is 35.5. The van der Waals surface area contributed by atoms with E-state index in [2.05, 4.69) is 34.3 Å². The predicted octanol–water partition coefficient (Wildman–Crippen LogP) is 3.35. The summed E-state index contributed by atoms with van der Waals surface area (Å²) in [5.41, 5.74) is 1.20. The molecule has 0 N–H and O–H groups in total. The SMILES string of the molecule is CSc1ccc(N2CCN(C3CC3)CC2)c(Cl)c1. The molecule has 2 fully saturated rings. The Morgan fingerprint density at radius 2 is 1.89 bits per heavy atom. The van der Waals surface area contributed by atoms with Gasteiger partial charge < -0.3 is 4.90 Å². The average molecular weight is 283 g/mol. The molecule has 98 valence electrons. The van der Waals surface area contributed by atoms with Gasteiger partial charge in [0.2, 0.25) is 0 Å². The number of anilines is 1. The molecule has 1 saturated carbocycles. The molecule has 1 aromatic carbocycles. The first-order chi connectivity index (χ1) is 8.78. The highest BCUT2D eigenvalue weighted by Gasteiger charge is 2.31. The molecule has 1 heterocycles. The second-order valence-corrected chi connectivity index (χ2v) is 6.36. The minimum absolute atomic E-state index is 0.890. The topological polar surface area (TPSA) is 6.48 Å². The Morgan fingerprint density at radius 1 is 1.17 bits per heavy atom. The highest BCUT2D eigenvalue weighted by Crippen LogP contribution is 2.32. The van der Waals surface area contributed by atoms with Gasteiger partial charge in [-0.05, 0) is 37.3 Å². The predicted molar refractivity (Wildman–Crippen MR) is 80.0 cm³/mol. The summed E-state index contributed by atoms with van der Waals surface area (Å²) in [5, 5.41) is 0.890. The maximum atomic E-state index is 6.38. The lowest BCUT2D eigenvalue weighted by molar-refractivity contribution is 0.248. The van der Waals surface area contributed by atoms with Crippen molar-refractivity contribution in [2.45, 2.75) is 23.8 Å².